The fourth-order valence-electron chi connectivity index (χ4n) is 1.68. The molecule has 0 saturated carbocycles. The Hall–Kier alpha value is -2.30. The van der Waals surface area contributed by atoms with Crippen molar-refractivity contribution in [1.82, 2.24) is 10.2 Å². The first-order valence-electron chi connectivity index (χ1n) is 5.28. The Morgan fingerprint density at radius 2 is 1.94 bits per heavy atom. The number of ether oxygens (including phenoxy) is 2. The summed E-state index contributed by atoms with van der Waals surface area (Å²) in [6, 6.07) is 9.52. The van der Waals surface area contributed by atoms with Crippen LogP contribution in [0.2, 0.25) is 0 Å². The summed E-state index contributed by atoms with van der Waals surface area (Å²) in [5, 5.41) is 11.1. The predicted octanol–water partition coefficient (Wildman–Crippen LogP) is 1.91. The van der Waals surface area contributed by atoms with Gasteiger partial charge in [0.1, 0.15) is 5.82 Å². The number of rotatable bonds is 2. The first-order valence-corrected chi connectivity index (χ1v) is 5.28. The topological polar surface area (TPSA) is 56.3 Å². The Kier molecular flexibility index (Phi) is 2.29. The first-order chi connectivity index (χ1) is 8.36. The van der Waals surface area contributed by atoms with Gasteiger partial charge < -0.3 is 14.8 Å². The summed E-state index contributed by atoms with van der Waals surface area (Å²) < 4.78 is 10.6. The van der Waals surface area contributed by atoms with E-state index in [4.69, 9.17) is 9.47 Å². The van der Waals surface area contributed by atoms with Gasteiger partial charge in [0, 0.05) is 12.6 Å². The van der Waals surface area contributed by atoms with E-state index in [1.807, 2.05) is 37.4 Å². The molecule has 86 valence electrons. The number of benzene rings is 1. The summed E-state index contributed by atoms with van der Waals surface area (Å²) >= 11 is 0. The maximum absolute atomic E-state index is 5.32. The van der Waals surface area contributed by atoms with Crippen molar-refractivity contribution in [3.63, 3.8) is 0 Å². The molecule has 0 saturated heterocycles. The highest BCUT2D eigenvalue weighted by Crippen LogP contribution is 2.35. The van der Waals surface area contributed by atoms with Crippen LogP contribution in [0.3, 0.4) is 0 Å². The van der Waals surface area contributed by atoms with Crippen LogP contribution >= 0.6 is 0 Å². The molecule has 3 rings (SSSR count). The molecule has 0 spiro atoms. The maximum atomic E-state index is 5.32. The molecule has 0 unspecified atom stereocenters. The fourth-order valence-corrected chi connectivity index (χ4v) is 1.68. The van der Waals surface area contributed by atoms with Crippen molar-refractivity contribution >= 4 is 5.82 Å². The van der Waals surface area contributed by atoms with Crippen LogP contribution in [0, 0.1) is 0 Å². The smallest absolute Gasteiger partial charge is 0.231 e. The zero-order chi connectivity index (χ0) is 11.7. The molecule has 1 aromatic heterocycles. The molecule has 1 aliphatic rings. The number of hydrogen-bond donors (Lipinski definition) is 1. The standard InChI is InChI=1S/C12H11N3O2/c1-13-12-5-3-9(14-15-12)8-2-4-10-11(6-8)17-7-16-10/h2-6H,7H2,1H3,(H,13,15). The molecule has 5 nitrogen and oxygen atoms in total. The van der Waals surface area contributed by atoms with Crippen LogP contribution in [0.1, 0.15) is 0 Å². The summed E-state index contributed by atoms with van der Waals surface area (Å²) in [5.74, 6) is 2.27. The SMILES string of the molecule is CNc1ccc(-c2ccc3c(c2)OCO3)nn1. The second kappa shape index (κ2) is 3.93. The number of aromatic nitrogens is 2. The van der Waals surface area contributed by atoms with Crippen molar-refractivity contribution < 1.29 is 9.47 Å². The predicted molar refractivity (Wildman–Crippen MR) is 63.1 cm³/mol. The summed E-state index contributed by atoms with van der Waals surface area (Å²) in [6.07, 6.45) is 0. The molecule has 17 heavy (non-hydrogen) atoms. The zero-order valence-electron chi connectivity index (χ0n) is 9.30. The lowest BCUT2D eigenvalue weighted by atomic mass is 10.1. The monoisotopic (exact) mass is 229 g/mol. The van der Waals surface area contributed by atoms with Crippen LogP contribution < -0.4 is 14.8 Å². The van der Waals surface area contributed by atoms with Gasteiger partial charge in [0.15, 0.2) is 11.5 Å². The molecule has 0 fully saturated rings. The minimum Gasteiger partial charge on any atom is -0.454 e. The lowest BCUT2D eigenvalue weighted by molar-refractivity contribution is 0.174. The van der Waals surface area contributed by atoms with Gasteiger partial charge >= 0.3 is 0 Å². The average Bonchev–Trinajstić information content (AvgIpc) is 2.86. The molecule has 0 radical (unpaired) electrons. The molecule has 1 N–H and O–H groups in total. The number of nitrogens with one attached hydrogen (secondary N) is 1. The second-order valence-electron chi connectivity index (χ2n) is 3.62. The quantitative estimate of drug-likeness (QED) is 0.852. The highest BCUT2D eigenvalue weighted by atomic mass is 16.7. The lowest BCUT2D eigenvalue weighted by Gasteiger charge is -2.03. The third-order valence-corrected chi connectivity index (χ3v) is 2.59. The molecule has 2 aromatic rings. The van der Waals surface area contributed by atoms with Crippen molar-refractivity contribution in [3.8, 4) is 22.8 Å². The van der Waals surface area contributed by atoms with Gasteiger partial charge in [0.2, 0.25) is 6.79 Å². The van der Waals surface area contributed by atoms with Gasteiger partial charge in [-0.15, -0.1) is 10.2 Å². The number of nitrogens with zero attached hydrogens (tertiary/aromatic N) is 2. The number of anilines is 1. The van der Waals surface area contributed by atoms with Gasteiger partial charge in [-0.2, -0.15) is 0 Å². The van der Waals surface area contributed by atoms with E-state index < -0.39 is 0 Å². The molecular formula is C12H11N3O2. The van der Waals surface area contributed by atoms with Gasteiger partial charge in [-0.1, -0.05) is 0 Å². The molecule has 5 heteroatoms. The molecule has 0 atom stereocenters. The summed E-state index contributed by atoms with van der Waals surface area (Å²) in [5.41, 5.74) is 1.77. The molecule has 0 amide bonds. The van der Waals surface area contributed by atoms with E-state index in [1.165, 1.54) is 0 Å². The minimum absolute atomic E-state index is 0.281. The van der Waals surface area contributed by atoms with Crippen LogP contribution in [0.25, 0.3) is 11.3 Å². The van der Waals surface area contributed by atoms with Crippen molar-refractivity contribution in [2.45, 2.75) is 0 Å². The highest BCUT2D eigenvalue weighted by Gasteiger charge is 2.14. The Labute approximate surface area is 98.4 Å². The zero-order valence-corrected chi connectivity index (χ0v) is 9.30. The summed E-state index contributed by atoms with van der Waals surface area (Å²) in [7, 11) is 1.81. The third kappa shape index (κ3) is 1.75. The van der Waals surface area contributed by atoms with E-state index in [2.05, 4.69) is 15.5 Å². The Balaban J connectivity index is 1.97. The van der Waals surface area contributed by atoms with E-state index in [-0.39, 0.29) is 6.79 Å². The van der Waals surface area contributed by atoms with E-state index in [1.54, 1.807) is 0 Å². The summed E-state index contributed by atoms with van der Waals surface area (Å²) in [6.45, 7) is 0.281. The molecule has 0 aliphatic carbocycles. The van der Waals surface area contributed by atoms with Crippen molar-refractivity contribution in [2.75, 3.05) is 19.2 Å². The first kappa shape index (κ1) is 9.89. The van der Waals surface area contributed by atoms with Gasteiger partial charge in [-0.05, 0) is 30.3 Å². The average molecular weight is 229 g/mol. The van der Waals surface area contributed by atoms with E-state index in [0.717, 1.165) is 28.6 Å². The number of hydrogen-bond acceptors (Lipinski definition) is 5. The maximum Gasteiger partial charge on any atom is 0.231 e. The molecule has 1 aliphatic heterocycles. The summed E-state index contributed by atoms with van der Waals surface area (Å²) in [4.78, 5) is 0. The largest absolute Gasteiger partial charge is 0.454 e. The molecule has 0 bridgehead atoms. The molecule has 1 aromatic carbocycles. The van der Waals surface area contributed by atoms with Crippen molar-refractivity contribution in [1.29, 1.82) is 0 Å². The van der Waals surface area contributed by atoms with Crippen LogP contribution in [-0.2, 0) is 0 Å². The van der Waals surface area contributed by atoms with Crippen LogP contribution in [-0.4, -0.2) is 24.0 Å². The Morgan fingerprint density at radius 3 is 2.71 bits per heavy atom. The molecule has 2 heterocycles. The van der Waals surface area contributed by atoms with Gasteiger partial charge in [-0.25, -0.2) is 0 Å². The fraction of sp³-hybridized carbons (Fsp3) is 0.167. The minimum atomic E-state index is 0.281. The van der Waals surface area contributed by atoms with Crippen LogP contribution in [0.4, 0.5) is 5.82 Å². The Morgan fingerprint density at radius 1 is 1.06 bits per heavy atom. The normalized spacial score (nSPS) is 12.5. The lowest BCUT2D eigenvalue weighted by Crippen LogP contribution is -1.95. The van der Waals surface area contributed by atoms with Crippen molar-refractivity contribution in [2.24, 2.45) is 0 Å². The van der Waals surface area contributed by atoms with Crippen LogP contribution in [0.5, 0.6) is 11.5 Å². The van der Waals surface area contributed by atoms with E-state index in [0.29, 0.717) is 0 Å². The Bertz CT molecular complexity index is 540. The van der Waals surface area contributed by atoms with E-state index >= 15 is 0 Å². The van der Waals surface area contributed by atoms with Gasteiger partial charge in [-0.3, -0.25) is 0 Å². The third-order valence-electron chi connectivity index (χ3n) is 2.59. The second-order valence-corrected chi connectivity index (χ2v) is 3.62. The van der Waals surface area contributed by atoms with Gasteiger partial charge in [0.05, 0.1) is 5.69 Å². The van der Waals surface area contributed by atoms with E-state index in [9.17, 15) is 0 Å². The van der Waals surface area contributed by atoms with Crippen LogP contribution in [0.15, 0.2) is 30.3 Å². The highest BCUT2D eigenvalue weighted by molar-refractivity contribution is 5.64. The van der Waals surface area contributed by atoms with Gasteiger partial charge in [0.25, 0.3) is 0 Å². The molecular weight excluding hydrogens is 218 g/mol. The number of fused-ring (bicyclic) bond motifs is 1. The van der Waals surface area contributed by atoms with Crippen molar-refractivity contribution in [3.05, 3.63) is 30.3 Å².